The van der Waals surface area contributed by atoms with E-state index in [1.54, 1.807) is 7.05 Å². The average molecular weight is 294 g/mol. The number of nitrogens with one attached hydrogen (secondary N) is 2. The molecule has 0 atom stereocenters. The van der Waals surface area contributed by atoms with Crippen LogP contribution in [0.1, 0.15) is 64.3 Å². The second-order valence-electron chi connectivity index (χ2n) is 6.11. The monoisotopic (exact) mass is 294 g/mol. The average Bonchev–Trinajstić information content (AvgIpc) is 2.90. The molecule has 0 aliphatic heterocycles. The maximum atomic E-state index is 5.29. The first-order chi connectivity index (χ1) is 10.0. The number of hydrogen-bond donors (Lipinski definition) is 2. The predicted molar refractivity (Wildman–Crippen MR) is 87.5 cm³/mol. The van der Waals surface area contributed by atoms with Crippen molar-refractivity contribution >= 4 is 5.96 Å². The van der Waals surface area contributed by atoms with Gasteiger partial charge in [0.1, 0.15) is 0 Å². The zero-order chi connectivity index (χ0) is 15.7. The Kier molecular flexibility index (Phi) is 7.87. The minimum absolute atomic E-state index is 0.390. The van der Waals surface area contributed by atoms with Gasteiger partial charge in [-0.2, -0.15) is 0 Å². The summed E-state index contributed by atoms with van der Waals surface area (Å²) in [5.41, 5.74) is 0.989. The fourth-order valence-electron chi connectivity index (χ4n) is 1.96. The van der Waals surface area contributed by atoms with Crippen LogP contribution in [-0.4, -0.2) is 24.7 Å². The Morgan fingerprint density at radius 3 is 2.57 bits per heavy atom. The summed E-state index contributed by atoms with van der Waals surface area (Å²) in [5.74, 6) is 2.81. The molecule has 1 heterocycles. The van der Waals surface area contributed by atoms with Crippen molar-refractivity contribution in [3.63, 3.8) is 0 Å². The van der Waals surface area contributed by atoms with Crippen molar-refractivity contribution in [3.05, 3.63) is 17.5 Å². The van der Waals surface area contributed by atoms with Gasteiger partial charge in [-0.1, -0.05) is 45.7 Å². The van der Waals surface area contributed by atoms with E-state index >= 15 is 0 Å². The van der Waals surface area contributed by atoms with Gasteiger partial charge in [0, 0.05) is 19.7 Å². The Bertz CT molecular complexity index is 424. The molecule has 0 radical (unpaired) electrons. The minimum atomic E-state index is 0.390. The van der Waals surface area contributed by atoms with Gasteiger partial charge in [0.25, 0.3) is 0 Å². The third-order valence-electron chi connectivity index (χ3n) is 3.32. The topological polar surface area (TPSA) is 62.5 Å². The van der Waals surface area contributed by atoms with Crippen molar-refractivity contribution in [2.75, 3.05) is 13.6 Å². The van der Waals surface area contributed by atoms with E-state index in [2.05, 4.69) is 48.5 Å². The SMILES string of the molecule is CN=C(NCCCCC(C)C)NCc1cc(C(C)C)no1. The first-order valence-corrected chi connectivity index (χ1v) is 7.93. The highest BCUT2D eigenvalue weighted by atomic mass is 16.5. The third-order valence-corrected chi connectivity index (χ3v) is 3.32. The maximum absolute atomic E-state index is 5.29. The lowest BCUT2D eigenvalue weighted by atomic mass is 10.1. The number of aromatic nitrogens is 1. The van der Waals surface area contributed by atoms with Crippen LogP contribution in [0.5, 0.6) is 0 Å². The van der Waals surface area contributed by atoms with Crippen molar-refractivity contribution in [1.82, 2.24) is 15.8 Å². The molecule has 0 amide bonds. The van der Waals surface area contributed by atoms with Gasteiger partial charge >= 0.3 is 0 Å². The maximum Gasteiger partial charge on any atom is 0.191 e. The summed E-state index contributed by atoms with van der Waals surface area (Å²) in [7, 11) is 1.78. The predicted octanol–water partition coefficient (Wildman–Crippen LogP) is 3.29. The highest BCUT2D eigenvalue weighted by molar-refractivity contribution is 5.79. The number of rotatable bonds is 8. The Morgan fingerprint density at radius 2 is 2.00 bits per heavy atom. The zero-order valence-electron chi connectivity index (χ0n) is 14.1. The van der Waals surface area contributed by atoms with Gasteiger partial charge in [-0.3, -0.25) is 4.99 Å². The summed E-state index contributed by atoms with van der Waals surface area (Å²) in [6.45, 7) is 10.3. The molecule has 5 heteroatoms. The molecule has 120 valence electrons. The van der Waals surface area contributed by atoms with E-state index < -0.39 is 0 Å². The van der Waals surface area contributed by atoms with Crippen LogP contribution >= 0.6 is 0 Å². The van der Waals surface area contributed by atoms with Crippen LogP contribution in [0.25, 0.3) is 0 Å². The van der Waals surface area contributed by atoms with Crippen molar-refractivity contribution in [3.8, 4) is 0 Å². The number of nitrogens with zero attached hydrogens (tertiary/aromatic N) is 2. The summed E-state index contributed by atoms with van der Waals surface area (Å²) in [6, 6.07) is 1.99. The smallest absolute Gasteiger partial charge is 0.191 e. The van der Waals surface area contributed by atoms with E-state index in [9.17, 15) is 0 Å². The molecule has 0 aliphatic carbocycles. The minimum Gasteiger partial charge on any atom is -0.359 e. The molecule has 0 aliphatic rings. The lowest BCUT2D eigenvalue weighted by molar-refractivity contribution is 0.372. The molecule has 2 N–H and O–H groups in total. The highest BCUT2D eigenvalue weighted by Gasteiger charge is 2.08. The number of aliphatic imine (C=N–C) groups is 1. The first kappa shape index (κ1) is 17.5. The fourth-order valence-corrected chi connectivity index (χ4v) is 1.96. The molecule has 1 aromatic rings. The highest BCUT2D eigenvalue weighted by Crippen LogP contribution is 2.13. The van der Waals surface area contributed by atoms with Gasteiger partial charge < -0.3 is 15.2 Å². The van der Waals surface area contributed by atoms with E-state index in [0.717, 1.165) is 29.9 Å². The summed E-state index contributed by atoms with van der Waals surface area (Å²) in [5, 5.41) is 10.6. The molecule has 0 unspecified atom stereocenters. The second kappa shape index (κ2) is 9.42. The second-order valence-corrected chi connectivity index (χ2v) is 6.11. The molecule has 5 nitrogen and oxygen atoms in total. The number of guanidine groups is 1. The summed E-state index contributed by atoms with van der Waals surface area (Å²) >= 11 is 0. The van der Waals surface area contributed by atoms with Gasteiger partial charge in [0.2, 0.25) is 0 Å². The Labute approximate surface area is 128 Å². The number of unbranched alkanes of at least 4 members (excludes halogenated alkanes) is 1. The van der Waals surface area contributed by atoms with Crippen LogP contribution in [0.2, 0.25) is 0 Å². The van der Waals surface area contributed by atoms with Crippen LogP contribution in [0.4, 0.5) is 0 Å². The van der Waals surface area contributed by atoms with Crippen LogP contribution < -0.4 is 10.6 Å². The van der Waals surface area contributed by atoms with Crippen molar-refractivity contribution < 1.29 is 4.52 Å². The summed E-state index contributed by atoms with van der Waals surface area (Å²) in [6.07, 6.45) is 3.70. The van der Waals surface area contributed by atoms with E-state index in [-0.39, 0.29) is 0 Å². The molecule has 0 aromatic carbocycles. The molecule has 1 aromatic heterocycles. The molecule has 0 saturated heterocycles. The van der Waals surface area contributed by atoms with E-state index in [4.69, 9.17) is 4.52 Å². The van der Waals surface area contributed by atoms with Gasteiger partial charge in [0.15, 0.2) is 11.7 Å². The molecular weight excluding hydrogens is 264 g/mol. The quantitative estimate of drug-likeness (QED) is 0.439. The van der Waals surface area contributed by atoms with Crippen LogP contribution in [0.3, 0.4) is 0 Å². The van der Waals surface area contributed by atoms with Gasteiger partial charge in [-0.15, -0.1) is 0 Å². The Hall–Kier alpha value is -1.52. The van der Waals surface area contributed by atoms with Crippen LogP contribution in [-0.2, 0) is 6.54 Å². The van der Waals surface area contributed by atoms with E-state index in [1.165, 1.54) is 19.3 Å². The molecule has 0 fully saturated rings. The molecule has 0 saturated carbocycles. The third kappa shape index (κ3) is 7.16. The molecular formula is C16H30N4O. The first-order valence-electron chi connectivity index (χ1n) is 7.93. The Balaban J connectivity index is 2.24. The largest absolute Gasteiger partial charge is 0.359 e. The summed E-state index contributed by atoms with van der Waals surface area (Å²) < 4.78 is 5.29. The molecule has 0 bridgehead atoms. The standard InChI is InChI=1S/C16H30N4O/c1-12(2)8-6-7-9-18-16(17-5)19-11-14-10-15(13(3)4)20-21-14/h10,12-13H,6-9,11H2,1-5H3,(H2,17,18,19). The molecule has 0 spiro atoms. The molecule has 21 heavy (non-hydrogen) atoms. The summed E-state index contributed by atoms with van der Waals surface area (Å²) in [4.78, 5) is 4.21. The van der Waals surface area contributed by atoms with Crippen molar-refractivity contribution in [1.29, 1.82) is 0 Å². The van der Waals surface area contributed by atoms with E-state index in [0.29, 0.717) is 12.5 Å². The normalized spacial score (nSPS) is 12.2. The van der Waals surface area contributed by atoms with Crippen molar-refractivity contribution in [2.24, 2.45) is 10.9 Å². The molecule has 1 rings (SSSR count). The van der Waals surface area contributed by atoms with Gasteiger partial charge in [-0.05, 0) is 18.3 Å². The zero-order valence-corrected chi connectivity index (χ0v) is 14.1. The lowest BCUT2D eigenvalue weighted by Gasteiger charge is -2.11. The van der Waals surface area contributed by atoms with Crippen LogP contribution in [0, 0.1) is 5.92 Å². The van der Waals surface area contributed by atoms with Gasteiger partial charge in [-0.25, -0.2) is 0 Å². The van der Waals surface area contributed by atoms with E-state index in [1.807, 2.05) is 6.07 Å². The lowest BCUT2D eigenvalue weighted by Crippen LogP contribution is -2.37. The number of hydrogen-bond acceptors (Lipinski definition) is 3. The fraction of sp³-hybridized carbons (Fsp3) is 0.750. The van der Waals surface area contributed by atoms with Gasteiger partial charge in [0.05, 0.1) is 12.2 Å². The van der Waals surface area contributed by atoms with Crippen molar-refractivity contribution in [2.45, 2.75) is 59.4 Å². The van der Waals surface area contributed by atoms with Crippen LogP contribution in [0.15, 0.2) is 15.6 Å². The Morgan fingerprint density at radius 1 is 1.24 bits per heavy atom.